The second-order valence-corrected chi connectivity index (χ2v) is 7.88. The maximum absolute atomic E-state index is 12.3. The van der Waals surface area contributed by atoms with Gasteiger partial charge in [-0.15, -0.1) is 0 Å². The molecule has 1 rings (SSSR count). The fraction of sp³-hybridized carbons (Fsp3) is 0.591. The summed E-state index contributed by atoms with van der Waals surface area (Å²) in [5.74, 6) is -0.846. The molecule has 0 spiro atoms. The fourth-order valence-corrected chi connectivity index (χ4v) is 3.18. The molecule has 0 aromatic heterocycles. The van der Waals surface area contributed by atoms with Gasteiger partial charge in [-0.25, -0.2) is 0 Å². The van der Waals surface area contributed by atoms with Crippen molar-refractivity contribution >= 4 is 30.5 Å². The number of hydrogen-bond donors (Lipinski definition) is 6. The standard InChI is InChI=1S/C20H31N7O3S.C2H6/c1-13(2)10-17(26-31)20(30)25-16(18(21)28)8-3-4-9-23-19(29)15-7-5-6-14(11-15)12-24-27-22;1-2/h5-7,11,13,16-17,22,26,31H,3-4,8-10,12H2,1-2H3,(H3-,21,23,25,28,29,30);1-2H3/p+1/t16?,17-;/m0./s1. The summed E-state index contributed by atoms with van der Waals surface area (Å²) in [5, 5.41) is 9.09. The van der Waals surface area contributed by atoms with Gasteiger partial charge in [0.25, 0.3) is 5.91 Å². The van der Waals surface area contributed by atoms with Crippen LogP contribution in [0.3, 0.4) is 0 Å². The lowest BCUT2D eigenvalue weighted by Crippen LogP contribution is -2.50. The van der Waals surface area contributed by atoms with Crippen LogP contribution >= 0.6 is 12.8 Å². The van der Waals surface area contributed by atoms with Gasteiger partial charge in [-0.1, -0.05) is 52.6 Å². The maximum Gasteiger partial charge on any atom is 0.251 e. The van der Waals surface area contributed by atoms with E-state index in [2.05, 4.69) is 38.2 Å². The molecule has 3 amide bonds. The molecular weight excluding hydrogens is 442 g/mol. The highest BCUT2D eigenvalue weighted by Crippen LogP contribution is 2.08. The first kappa shape index (κ1) is 30.2. The number of carbonyl (C=O) groups excluding carboxylic acids is 3. The number of rotatable bonds is 14. The molecule has 0 fully saturated rings. The molecule has 184 valence electrons. The van der Waals surface area contributed by atoms with Crippen molar-refractivity contribution in [3.8, 4) is 0 Å². The molecule has 2 atom stereocenters. The summed E-state index contributed by atoms with van der Waals surface area (Å²) in [6, 6.07) is 5.66. The van der Waals surface area contributed by atoms with E-state index in [0.29, 0.717) is 37.8 Å². The zero-order chi connectivity index (χ0) is 25.2. The molecule has 0 aliphatic rings. The first-order valence-electron chi connectivity index (χ1n) is 11.2. The summed E-state index contributed by atoms with van der Waals surface area (Å²) < 4.78 is 2.66. The van der Waals surface area contributed by atoms with Crippen molar-refractivity contribution in [2.24, 2.45) is 16.8 Å². The summed E-state index contributed by atoms with van der Waals surface area (Å²) >= 11 is 3.99. The van der Waals surface area contributed by atoms with E-state index in [0.717, 1.165) is 5.56 Å². The van der Waals surface area contributed by atoms with E-state index in [1.165, 1.54) is 0 Å². The molecular formula is C22H38N7O3S+. The molecule has 1 unspecified atom stereocenters. The van der Waals surface area contributed by atoms with Gasteiger partial charge in [0.05, 0.1) is 6.04 Å². The van der Waals surface area contributed by atoms with Crippen molar-refractivity contribution in [2.45, 2.75) is 72.0 Å². The van der Waals surface area contributed by atoms with Crippen molar-refractivity contribution in [3.05, 3.63) is 35.4 Å². The molecule has 6 N–H and O–H groups in total. The van der Waals surface area contributed by atoms with Gasteiger partial charge in [-0.05, 0) is 49.3 Å². The second-order valence-electron chi connectivity index (χ2n) is 7.63. The Morgan fingerprint density at radius 2 is 1.88 bits per heavy atom. The minimum absolute atomic E-state index is 0.221. The predicted octanol–water partition coefficient (Wildman–Crippen LogP) is 2.48. The molecule has 0 bridgehead atoms. The van der Waals surface area contributed by atoms with E-state index < -0.39 is 18.0 Å². The lowest BCUT2D eigenvalue weighted by Gasteiger charge is -2.21. The molecule has 0 saturated heterocycles. The molecule has 0 aliphatic heterocycles. The molecule has 0 radical (unpaired) electrons. The van der Waals surface area contributed by atoms with Crippen molar-refractivity contribution in [1.29, 1.82) is 5.53 Å². The van der Waals surface area contributed by atoms with Crippen molar-refractivity contribution in [3.63, 3.8) is 0 Å². The van der Waals surface area contributed by atoms with Crippen LogP contribution in [0.25, 0.3) is 0 Å². The monoisotopic (exact) mass is 480 g/mol. The van der Waals surface area contributed by atoms with Crippen molar-refractivity contribution < 1.29 is 14.4 Å². The van der Waals surface area contributed by atoms with Crippen LogP contribution in [0.2, 0.25) is 0 Å². The van der Waals surface area contributed by atoms with Gasteiger partial charge < -0.3 is 16.4 Å². The van der Waals surface area contributed by atoms with Crippen LogP contribution in [-0.2, 0) is 16.1 Å². The minimum Gasteiger partial charge on any atom is -0.368 e. The Morgan fingerprint density at radius 3 is 2.45 bits per heavy atom. The summed E-state index contributed by atoms with van der Waals surface area (Å²) in [4.78, 5) is 39.3. The Bertz CT molecular complexity index is 798. The number of primary amides is 1. The Morgan fingerprint density at radius 1 is 1.18 bits per heavy atom. The summed E-state index contributed by atoms with van der Waals surface area (Å²) in [6.07, 6.45) is 2.19. The van der Waals surface area contributed by atoms with E-state index in [-0.39, 0.29) is 24.3 Å². The first-order valence-corrected chi connectivity index (χ1v) is 11.6. The second kappa shape index (κ2) is 17.8. The van der Waals surface area contributed by atoms with Gasteiger partial charge in [0.15, 0.2) is 0 Å². The average molecular weight is 481 g/mol. The topological polar surface area (TPSA) is 164 Å². The third kappa shape index (κ3) is 12.8. The van der Waals surface area contributed by atoms with Crippen LogP contribution in [0.1, 0.15) is 69.3 Å². The highest BCUT2D eigenvalue weighted by molar-refractivity contribution is 7.78. The number of carbonyl (C=O) groups is 3. The summed E-state index contributed by atoms with van der Waals surface area (Å²) in [7, 11) is 0. The van der Waals surface area contributed by atoms with E-state index in [4.69, 9.17) is 11.3 Å². The highest BCUT2D eigenvalue weighted by Gasteiger charge is 2.23. The Labute approximate surface area is 201 Å². The summed E-state index contributed by atoms with van der Waals surface area (Å²) in [5.41, 5.74) is 13.4. The lowest BCUT2D eigenvalue weighted by molar-refractivity contribution is -0.128. The number of nitrogens with one attached hydrogen (secondary N) is 4. The van der Waals surface area contributed by atoms with Crippen LogP contribution in [0, 0.1) is 11.4 Å². The molecule has 33 heavy (non-hydrogen) atoms. The molecule has 10 nitrogen and oxygen atoms in total. The van der Waals surface area contributed by atoms with E-state index >= 15 is 0 Å². The number of hydrogen-bond acceptors (Lipinski definition) is 7. The number of amides is 3. The van der Waals surface area contributed by atoms with Crippen molar-refractivity contribution in [2.75, 3.05) is 6.54 Å². The van der Waals surface area contributed by atoms with E-state index in [9.17, 15) is 14.4 Å². The van der Waals surface area contributed by atoms with Gasteiger partial charge in [0, 0.05) is 12.1 Å². The normalized spacial score (nSPS) is 11.9. The number of nitrogens with two attached hydrogens (primary N) is 1. The molecule has 0 heterocycles. The van der Waals surface area contributed by atoms with Crippen molar-refractivity contribution in [1.82, 2.24) is 20.3 Å². The van der Waals surface area contributed by atoms with E-state index in [1.807, 2.05) is 27.7 Å². The molecule has 11 heteroatoms. The zero-order valence-corrected chi connectivity index (χ0v) is 20.8. The third-order valence-electron chi connectivity index (χ3n) is 4.56. The number of nitrogens with zero attached hydrogens (tertiary/aromatic N) is 2. The lowest BCUT2D eigenvalue weighted by atomic mass is 10.0. The van der Waals surface area contributed by atoms with Gasteiger partial charge >= 0.3 is 0 Å². The quantitative estimate of drug-likeness (QED) is 0.104. The zero-order valence-electron chi connectivity index (χ0n) is 19.9. The Hall–Kier alpha value is -2.75. The average Bonchev–Trinajstić information content (AvgIpc) is 2.81. The molecule has 1 aromatic rings. The van der Waals surface area contributed by atoms with Crippen LogP contribution in [0.5, 0.6) is 0 Å². The number of unbranched alkanes of at least 4 members (excludes halogenated alkanes) is 1. The van der Waals surface area contributed by atoms with E-state index in [1.54, 1.807) is 24.3 Å². The Balaban J connectivity index is 0.00000497. The van der Waals surface area contributed by atoms with Crippen LogP contribution in [0.4, 0.5) is 0 Å². The molecule has 1 aromatic carbocycles. The Kier molecular flexibility index (Phi) is 16.3. The van der Waals surface area contributed by atoms with Gasteiger partial charge in [-0.2, -0.15) is 0 Å². The van der Waals surface area contributed by atoms with Crippen LogP contribution in [-0.4, -0.2) is 36.3 Å². The molecule has 0 saturated carbocycles. The third-order valence-corrected chi connectivity index (χ3v) is 4.87. The SMILES string of the molecule is CC.CC(C)C[C@H](NS)C(=O)NC(CCCCNC(=O)c1cccc(CN=[N+]=N)c1)C(N)=O. The minimum atomic E-state index is -0.776. The smallest absolute Gasteiger partial charge is 0.251 e. The van der Waals surface area contributed by atoms with Gasteiger partial charge in [0.2, 0.25) is 16.7 Å². The largest absolute Gasteiger partial charge is 0.368 e. The maximum atomic E-state index is 12.3. The van der Waals surface area contributed by atoms with Crippen LogP contribution < -0.4 is 26.0 Å². The predicted molar refractivity (Wildman–Crippen MR) is 131 cm³/mol. The summed E-state index contributed by atoms with van der Waals surface area (Å²) in [6.45, 7) is 8.64. The highest BCUT2D eigenvalue weighted by atomic mass is 32.1. The van der Waals surface area contributed by atoms with Gasteiger partial charge in [0.1, 0.15) is 23.2 Å². The van der Waals surface area contributed by atoms with Gasteiger partial charge in [-0.3, -0.25) is 19.1 Å². The number of thiol groups is 1. The fourth-order valence-electron chi connectivity index (χ4n) is 2.95. The molecule has 0 aliphatic carbocycles. The van der Waals surface area contributed by atoms with Crippen LogP contribution in [0.15, 0.2) is 29.4 Å². The first-order chi connectivity index (χ1) is 15.8. The number of benzene rings is 1.